The molecule has 25 heavy (non-hydrogen) atoms. The van der Waals surface area contributed by atoms with Gasteiger partial charge in [-0.1, -0.05) is 0 Å². The lowest BCUT2D eigenvalue weighted by atomic mass is 10.00. The van der Waals surface area contributed by atoms with Crippen LogP contribution < -0.4 is 5.73 Å². The third-order valence-electron chi connectivity index (χ3n) is 4.38. The van der Waals surface area contributed by atoms with Crippen LogP contribution in [0.5, 0.6) is 0 Å². The molecule has 0 spiro atoms. The van der Waals surface area contributed by atoms with Gasteiger partial charge in [-0.05, 0) is 43.2 Å². The zero-order valence-corrected chi connectivity index (χ0v) is 13.6. The van der Waals surface area contributed by atoms with Crippen molar-refractivity contribution in [2.24, 2.45) is 0 Å². The first-order valence-electron chi connectivity index (χ1n) is 8.23. The number of nitrogens with zero attached hydrogens (tertiary/aromatic N) is 3. The lowest BCUT2D eigenvalue weighted by Gasteiger charge is -2.19. The number of hydrogen-bond acceptors (Lipinski definition) is 5. The van der Waals surface area contributed by atoms with Crippen molar-refractivity contribution in [3.8, 4) is 22.6 Å². The van der Waals surface area contributed by atoms with Gasteiger partial charge in [0.25, 0.3) is 0 Å². The van der Waals surface area contributed by atoms with E-state index in [9.17, 15) is 4.39 Å². The lowest BCUT2D eigenvalue weighted by Crippen LogP contribution is -2.15. The zero-order valence-electron chi connectivity index (χ0n) is 13.6. The number of aromatic nitrogens is 4. The number of anilines is 1. The van der Waals surface area contributed by atoms with E-state index in [4.69, 9.17) is 15.5 Å². The Hall–Kier alpha value is -2.80. The van der Waals surface area contributed by atoms with E-state index >= 15 is 0 Å². The van der Waals surface area contributed by atoms with Crippen LogP contribution in [-0.2, 0) is 4.74 Å². The van der Waals surface area contributed by atoms with Crippen molar-refractivity contribution in [2.75, 3.05) is 18.9 Å². The summed E-state index contributed by atoms with van der Waals surface area (Å²) >= 11 is 0. The number of rotatable bonds is 3. The minimum Gasteiger partial charge on any atom is -0.381 e. The summed E-state index contributed by atoms with van der Waals surface area (Å²) in [7, 11) is 0. The Morgan fingerprint density at radius 3 is 2.56 bits per heavy atom. The van der Waals surface area contributed by atoms with E-state index in [1.807, 2.05) is 0 Å². The third-order valence-corrected chi connectivity index (χ3v) is 4.38. The molecule has 6 nitrogen and oxygen atoms in total. The summed E-state index contributed by atoms with van der Waals surface area (Å²) in [6.45, 7) is 1.46. The van der Waals surface area contributed by atoms with E-state index in [1.165, 1.54) is 12.1 Å². The van der Waals surface area contributed by atoms with Crippen LogP contribution in [-0.4, -0.2) is 33.1 Å². The highest BCUT2D eigenvalue weighted by molar-refractivity contribution is 5.77. The van der Waals surface area contributed by atoms with E-state index in [-0.39, 0.29) is 11.8 Å². The molecular weight excluding hydrogens is 321 g/mol. The molecule has 1 aromatic carbocycles. The highest BCUT2D eigenvalue weighted by atomic mass is 19.1. The first-order valence-corrected chi connectivity index (χ1v) is 8.23. The van der Waals surface area contributed by atoms with E-state index in [0.717, 1.165) is 48.8 Å². The number of imidazole rings is 1. The number of halogens is 1. The molecule has 0 aliphatic carbocycles. The molecule has 2 aromatic heterocycles. The maximum Gasteiger partial charge on any atom is 0.220 e. The van der Waals surface area contributed by atoms with Gasteiger partial charge in [0.15, 0.2) is 0 Å². The second kappa shape index (κ2) is 6.60. The summed E-state index contributed by atoms with van der Waals surface area (Å²) < 4.78 is 18.7. The molecule has 128 valence electrons. The summed E-state index contributed by atoms with van der Waals surface area (Å²) in [5.74, 6) is 1.12. The van der Waals surface area contributed by atoms with Crippen LogP contribution in [0.3, 0.4) is 0 Å². The number of ether oxygens (including phenoxy) is 1. The molecule has 0 amide bonds. The average Bonchev–Trinajstić information content (AvgIpc) is 3.08. The van der Waals surface area contributed by atoms with E-state index < -0.39 is 0 Å². The Balaban J connectivity index is 1.82. The fourth-order valence-corrected chi connectivity index (χ4v) is 3.07. The third kappa shape index (κ3) is 3.23. The number of aromatic amines is 1. The highest BCUT2D eigenvalue weighted by Gasteiger charge is 2.23. The number of H-pyrrole nitrogens is 1. The standard InChI is InChI=1S/C18H18FN5O/c19-13-3-1-11(2-4-13)15-16(14-5-8-21-18(20)22-14)24-17(23-15)12-6-9-25-10-7-12/h1-5,8,12H,6-7,9-10H2,(H,23,24)(H2,20,21,22). The molecule has 0 unspecified atom stereocenters. The van der Waals surface area contributed by atoms with Gasteiger partial charge in [0.05, 0.1) is 17.1 Å². The number of hydrogen-bond donors (Lipinski definition) is 2. The topological polar surface area (TPSA) is 89.7 Å². The van der Waals surface area contributed by atoms with Crippen LogP contribution in [0, 0.1) is 5.82 Å². The molecule has 1 saturated heterocycles. The quantitative estimate of drug-likeness (QED) is 0.765. The number of nitrogen functional groups attached to an aromatic ring is 1. The Kier molecular flexibility index (Phi) is 4.15. The van der Waals surface area contributed by atoms with E-state index in [0.29, 0.717) is 11.6 Å². The van der Waals surface area contributed by atoms with Crippen molar-refractivity contribution in [3.05, 3.63) is 48.2 Å². The molecule has 3 aromatic rings. The maximum atomic E-state index is 13.3. The van der Waals surface area contributed by atoms with Crippen molar-refractivity contribution in [1.82, 2.24) is 19.9 Å². The van der Waals surface area contributed by atoms with Gasteiger partial charge in [0.1, 0.15) is 11.6 Å². The Bertz CT molecular complexity index is 871. The van der Waals surface area contributed by atoms with Crippen LogP contribution >= 0.6 is 0 Å². The lowest BCUT2D eigenvalue weighted by molar-refractivity contribution is 0.0838. The minimum absolute atomic E-state index is 0.199. The van der Waals surface area contributed by atoms with Gasteiger partial charge in [-0.25, -0.2) is 19.3 Å². The van der Waals surface area contributed by atoms with Crippen molar-refractivity contribution in [1.29, 1.82) is 0 Å². The summed E-state index contributed by atoms with van der Waals surface area (Å²) in [5, 5.41) is 0. The minimum atomic E-state index is -0.281. The molecular formula is C18H18FN5O. The average molecular weight is 339 g/mol. The number of nitrogens with one attached hydrogen (secondary N) is 1. The van der Waals surface area contributed by atoms with Crippen LogP contribution in [0.4, 0.5) is 10.3 Å². The molecule has 0 bridgehead atoms. The molecule has 0 saturated carbocycles. The second-order valence-corrected chi connectivity index (χ2v) is 6.04. The molecule has 0 radical (unpaired) electrons. The monoisotopic (exact) mass is 339 g/mol. The molecule has 1 fully saturated rings. The van der Waals surface area contributed by atoms with Gasteiger partial charge < -0.3 is 15.5 Å². The van der Waals surface area contributed by atoms with Gasteiger partial charge in [-0.3, -0.25) is 0 Å². The van der Waals surface area contributed by atoms with Gasteiger partial charge in [-0.2, -0.15) is 0 Å². The zero-order chi connectivity index (χ0) is 17.2. The molecule has 3 heterocycles. The number of nitrogens with two attached hydrogens (primary N) is 1. The molecule has 1 aliphatic rings. The molecule has 4 rings (SSSR count). The van der Waals surface area contributed by atoms with Crippen LogP contribution in [0.25, 0.3) is 22.6 Å². The summed E-state index contributed by atoms with van der Waals surface area (Å²) in [4.78, 5) is 16.5. The summed E-state index contributed by atoms with van der Waals surface area (Å²) in [6.07, 6.45) is 3.45. The fourth-order valence-electron chi connectivity index (χ4n) is 3.07. The Morgan fingerprint density at radius 2 is 1.84 bits per heavy atom. The predicted molar refractivity (Wildman–Crippen MR) is 92.2 cm³/mol. The molecule has 7 heteroatoms. The molecule has 1 aliphatic heterocycles. The van der Waals surface area contributed by atoms with Crippen molar-refractivity contribution in [2.45, 2.75) is 18.8 Å². The summed E-state index contributed by atoms with van der Waals surface area (Å²) in [6, 6.07) is 8.07. The molecule has 3 N–H and O–H groups in total. The smallest absolute Gasteiger partial charge is 0.220 e. The van der Waals surface area contributed by atoms with Gasteiger partial charge in [-0.15, -0.1) is 0 Å². The van der Waals surface area contributed by atoms with Gasteiger partial charge >= 0.3 is 0 Å². The van der Waals surface area contributed by atoms with Crippen LogP contribution in [0.2, 0.25) is 0 Å². The van der Waals surface area contributed by atoms with Gasteiger partial charge in [0, 0.05) is 30.9 Å². The van der Waals surface area contributed by atoms with E-state index in [1.54, 1.807) is 24.4 Å². The van der Waals surface area contributed by atoms with Gasteiger partial charge in [0.2, 0.25) is 5.95 Å². The maximum absolute atomic E-state index is 13.3. The predicted octanol–water partition coefficient (Wildman–Crippen LogP) is 3.15. The Morgan fingerprint density at radius 1 is 1.08 bits per heavy atom. The number of benzene rings is 1. The van der Waals surface area contributed by atoms with Crippen molar-refractivity contribution >= 4 is 5.95 Å². The Labute approximate surface area is 144 Å². The first-order chi connectivity index (χ1) is 12.2. The SMILES string of the molecule is Nc1nccc(-c2[nH]c(C3CCOCC3)nc2-c2ccc(F)cc2)n1. The largest absolute Gasteiger partial charge is 0.381 e. The van der Waals surface area contributed by atoms with Crippen LogP contribution in [0.15, 0.2) is 36.5 Å². The molecule has 0 atom stereocenters. The van der Waals surface area contributed by atoms with E-state index in [2.05, 4.69) is 15.0 Å². The summed E-state index contributed by atoms with van der Waals surface area (Å²) in [5.41, 5.74) is 8.72. The van der Waals surface area contributed by atoms with Crippen LogP contribution in [0.1, 0.15) is 24.6 Å². The normalized spacial score (nSPS) is 15.4. The second-order valence-electron chi connectivity index (χ2n) is 6.04. The fraction of sp³-hybridized carbons (Fsp3) is 0.278. The first kappa shape index (κ1) is 15.7. The van der Waals surface area contributed by atoms with Crippen molar-refractivity contribution in [3.63, 3.8) is 0 Å². The highest BCUT2D eigenvalue weighted by Crippen LogP contribution is 2.33. The van der Waals surface area contributed by atoms with Crippen molar-refractivity contribution < 1.29 is 9.13 Å².